The molecule has 0 spiro atoms. The molecule has 15 heteroatoms. The number of nitrogens with zero attached hydrogens (tertiary/aromatic N) is 2. The van der Waals surface area contributed by atoms with Gasteiger partial charge in [-0.15, -0.1) is 0 Å². The van der Waals surface area contributed by atoms with Gasteiger partial charge in [0.1, 0.15) is 23.9 Å². The maximum atomic E-state index is 14.1. The Morgan fingerprint density at radius 2 is 1.93 bits per heavy atom. The average Bonchev–Trinajstić information content (AvgIpc) is 3.84. The minimum atomic E-state index is -1.87. The highest BCUT2D eigenvalue weighted by molar-refractivity contribution is 7.81. The third-order valence-corrected chi connectivity index (χ3v) is 12.1. The number of fused-ring (bicyclic) bond motifs is 5. The first-order valence-electron chi connectivity index (χ1n) is 18.9. The Balaban J connectivity index is 0.00000399. The number of allylic oxidation sites excluding steroid dienone is 3. The summed E-state index contributed by atoms with van der Waals surface area (Å²) in [5, 5.41) is 34.6. The highest BCUT2D eigenvalue weighted by Gasteiger charge is 2.64. The summed E-state index contributed by atoms with van der Waals surface area (Å²) in [6, 6.07) is 2.48. The number of esters is 1. The zero-order chi connectivity index (χ0) is 41.6. The number of hydrogen-bond donors (Lipinski definition) is 5. The van der Waals surface area contributed by atoms with Gasteiger partial charge in [0.2, 0.25) is 11.8 Å². The molecule has 0 saturated carbocycles. The van der Waals surface area contributed by atoms with Crippen molar-refractivity contribution in [3.8, 4) is 0 Å². The predicted molar refractivity (Wildman–Crippen MR) is 209 cm³/mol. The number of aliphatic hydroxyl groups is 3. The number of ether oxygens (including phenoxy) is 3. The van der Waals surface area contributed by atoms with Crippen LogP contribution in [0.2, 0.25) is 5.02 Å². The Bertz CT molecular complexity index is 1630. The summed E-state index contributed by atoms with van der Waals surface area (Å²) in [4.78, 5) is 56.4. The van der Waals surface area contributed by atoms with Crippen LogP contribution in [-0.2, 0) is 41.6 Å². The number of aliphatic hydroxyl groups excluding tert-OH is 2. The van der Waals surface area contributed by atoms with E-state index in [-0.39, 0.29) is 48.0 Å². The third kappa shape index (κ3) is 9.99. The number of halogens is 1. The number of thiol groups is 1. The second-order valence-corrected chi connectivity index (χ2v) is 16.2. The number of amides is 3. The lowest BCUT2D eigenvalue weighted by Gasteiger charge is -2.42. The number of nitrogens with one attached hydrogen (secondary N) is 1. The number of carbonyl (C=O) groups is 4. The first-order valence-corrected chi connectivity index (χ1v) is 18.8. The molecule has 4 rings (SSSR count). The van der Waals surface area contributed by atoms with E-state index in [1.165, 1.54) is 31.2 Å². The van der Waals surface area contributed by atoms with Crippen molar-refractivity contribution >= 4 is 53.8 Å². The Kier molecular flexibility index (Phi) is 14.7. The fourth-order valence-corrected chi connectivity index (χ4v) is 7.32. The van der Waals surface area contributed by atoms with Crippen LogP contribution in [0.15, 0.2) is 35.9 Å². The van der Waals surface area contributed by atoms with Crippen LogP contribution in [0.4, 0.5) is 10.5 Å². The number of benzene rings is 1. The van der Waals surface area contributed by atoms with Gasteiger partial charge in [0, 0.05) is 45.4 Å². The minimum absolute atomic E-state index is 0.0963. The van der Waals surface area contributed by atoms with Crippen LogP contribution in [0.3, 0.4) is 0 Å². The summed E-state index contributed by atoms with van der Waals surface area (Å²) in [5.41, 5.74) is -0.734. The van der Waals surface area contributed by atoms with Crippen LogP contribution in [0.25, 0.3) is 0 Å². The van der Waals surface area contributed by atoms with Crippen molar-refractivity contribution in [1.82, 2.24) is 10.2 Å². The maximum Gasteiger partial charge on any atom is 0.409 e. The number of epoxide rings is 1. The lowest BCUT2D eigenvalue weighted by atomic mass is 9.81. The molecule has 1 unspecified atom stereocenters. The number of anilines is 1. The summed E-state index contributed by atoms with van der Waals surface area (Å²) >= 11 is 11.2. The van der Waals surface area contributed by atoms with Gasteiger partial charge in [-0.3, -0.25) is 14.9 Å². The van der Waals surface area contributed by atoms with Crippen LogP contribution in [0.1, 0.15) is 80.7 Å². The highest BCUT2D eigenvalue weighted by atomic mass is 35.5. The van der Waals surface area contributed by atoms with E-state index < -0.39 is 72.1 Å². The fourth-order valence-electron chi connectivity index (χ4n) is 6.87. The van der Waals surface area contributed by atoms with Crippen molar-refractivity contribution in [2.24, 2.45) is 17.8 Å². The minimum Gasteiger partial charge on any atom is -0.457 e. The van der Waals surface area contributed by atoms with E-state index in [2.05, 4.69) is 17.9 Å². The van der Waals surface area contributed by atoms with E-state index in [1.54, 1.807) is 51.3 Å². The van der Waals surface area contributed by atoms with E-state index >= 15 is 0 Å². The van der Waals surface area contributed by atoms with Gasteiger partial charge in [-0.2, -0.15) is 12.6 Å². The molecule has 0 aromatic heterocycles. The van der Waals surface area contributed by atoms with Crippen LogP contribution in [0, 0.1) is 17.8 Å². The van der Waals surface area contributed by atoms with Gasteiger partial charge in [0.05, 0.1) is 36.4 Å². The van der Waals surface area contributed by atoms with E-state index in [0.29, 0.717) is 17.7 Å². The molecule has 3 amide bonds. The quantitative estimate of drug-likeness (QED) is 0.142. The average molecular weight is 797 g/mol. The molecule has 4 bridgehead atoms. The Morgan fingerprint density at radius 3 is 2.54 bits per heavy atom. The molecule has 302 valence electrons. The molecule has 1 aromatic rings. The molecule has 54 heavy (non-hydrogen) atoms. The lowest BCUT2D eigenvalue weighted by Crippen LogP contribution is -2.62. The van der Waals surface area contributed by atoms with Crippen LogP contribution < -0.4 is 10.2 Å². The highest BCUT2D eigenvalue weighted by Crippen LogP contribution is 2.49. The smallest absolute Gasteiger partial charge is 0.409 e. The number of hydrogen-bond acceptors (Lipinski definition) is 11. The van der Waals surface area contributed by atoms with Gasteiger partial charge < -0.3 is 39.3 Å². The second-order valence-electron chi connectivity index (χ2n) is 15.2. The van der Waals surface area contributed by atoms with E-state index in [4.69, 9.17) is 27.2 Å². The standard InChI is InChI=1S/C38H54ClN3O10S.CH4/c1-20(2)29(53)15-31(45)41(7)23(5)35(47)51-30-16-32(46)42(8)27-14-24(13-25(18-43)33(27)39)12-21(3)10-9-11-26(19-44)38(49)17-28(50-36(48)40-38)22(4)34-37(30,6)52-34;/h9-11,13-14,20,22-23,26,28-30,34,43-44,49,53H,12,15-19H2,1-8H3,(H,40,48);1H4/b11-9+,21-10+;/t22-,23+,26+,28+,29?,30+,34+,37+,38+;/m1./s1/i;1D. The molecule has 13 nitrogen and oxygen atoms in total. The zero-order valence-corrected chi connectivity index (χ0v) is 34.3. The molecule has 2 fully saturated rings. The van der Waals surface area contributed by atoms with Crippen molar-refractivity contribution in [2.75, 3.05) is 25.6 Å². The van der Waals surface area contributed by atoms with Gasteiger partial charge in [0.15, 0.2) is 5.72 Å². The monoisotopic (exact) mass is 796 g/mol. The SMILES string of the molecule is C/C1=C\C=C\[C@@H](CO)[C@@]2(O)C[C@H](OC(=O)N2)[C@@H](C)[C@@H]2O[C@@]2(C)[C@@H](OC(=O)[C@H](C)N(C)C(=O)CC(S)C(C)C)CC(=O)N(C)c2cc(cc(CO)c2Cl)C1.[2H]C. The van der Waals surface area contributed by atoms with E-state index in [0.717, 1.165) is 11.1 Å². The fraction of sp³-hybridized carbons (Fsp3) is 0.641. The Labute approximate surface area is 330 Å². The van der Waals surface area contributed by atoms with Crippen molar-refractivity contribution in [2.45, 2.75) is 122 Å². The first-order chi connectivity index (χ1) is 25.8. The molecular formula is C39H58ClN3O10S. The van der Waals surface area contributed by atoms with Gasteiger partial charge in [-0.1, -0.05) is 69.6 Å². The number of alkyl carbamates (subject to hydrolysis) is 1. The van der Waals surface area contributed by atoms with Crippen molar-refractivity contribution in [1.29, 1.82) is 0 Å². The van der Waals surface area contributed by atoms with Gasteiger partial charge in [-0.05, 0) is 50.3 Å². The number of carbonyl (C=O) groups excluding carboxylic acids is 4. The molecule has 0 radical (unpaired) electrons. The number of likely N-dealkylation sites (N-methyl/N-ethyl adjacent to an activating group) is 1. The van der Waals surface area contributed by atoms with Crippen LogP contribution >= 0.6 is 24.2 Å². The zero-order valence-electron chi connectivity index (χ0n) is 33.7. The molecule has 3 heterocycles. The Hall–Kier alpha value is -3.14. The largest absolute Gasteiger partial charge is 0.457 e. The summed E-state index contributed by atoms with van der Waals surface area (Å²) < 4.78 is 23.7. The van der Waals surface area contributed by atoms with Crippen molar-refractivity contribution in [3.05, 3.63) is 52.1 Å². The molecule has 0 aliphatic carbocycles. The maximum absolute atomic E-state index is 14.1. The Morgan fingerprint density at radius 1 is 1.26 bits per heavy atom. The normalized spacial score (nSPS) is 31.5. The molecular weight excluding hydrogens is 738 g/mol. The molecule has 3 aliphatic rings. The summed E-state index contributed by atoms with van der Waals surface area (Å²) in [6.07, 6.45) is 1.55. The van der Waals surface area contributed by atoms with Crippen LogP contribution in [0.5, 0.6) is 0 Å². The van der Waals surface area contributed by atoms with Crippen molar-refractivity contribution in [3.63, 3.8) is 0 Å². The topological polar surface area (TPSA) is 178 Å². The second kappa shape index (κ2) is 18.2. The number of rotatable bonds is 8. The van der Waals surface area contributed by atoms with Gasteiger partial charge in [0.25, 0.3) is 0 Å². The third-order valence-electron chi connectivity index (χ3n) is 10.9. The van der Waals surface area contributed by atoms with Crippen LogP contribution in [-0.4, -0.2) is 106 Å². The molecule has 4 N–H and O–H groups in total. The van der Waals surface area contributed by atoms with E-state index in [1.807, 2.05) is 20.8 Å². The molecule has 2 saturated heterocycles. The van der Waals surface area contributed by atoms with Gasteiger partial charge >= 0.3 is 12.1 Å². The van der Waals surface area contributed by atoms with Gasteiger partial charge in [-0.25, -0.2) is 9.59 Å². The van der Waals surface area contributed by atoms with Crippen molar-refractivity contribution < 1.29 is 50.1 Å². The summed E-state index contributed by atoms with van der Waals surface area (Å²) in [5.74, 6) is -2.86. The summed E-state index contributed by atoms with van der Waals surface area (Å²) in [7, 11) is 4.30. The van der Waals surface area contributed by atoms with E-state index in [9.17, 15) is 34.5 Å². The summed E-state index contributed by atoms with van der Waals surface area (Å²) in [6.45, 7) is 9.92. The molecule has 1 aromatic carbocycles. The molecule has 9 atom stereocenters. The first kappa shape index (κ1) is 43.6. The predicted octanol–water partition coefficient (Wildman–Crippen LogP) is 4.57. The molecule has 3 aliphatic heterocycles. The lowest BCUT2D eigenvalue weighted by molar-refractivity contribution is -0.162.